The van der Waals surface area contributed by atoms with Gasteiger partial charge in [-0.1, -0.05) is 6.92 Å². The molecule has 2 N–H and O–H groups in total. The van der Waals surface area contributed by atoms with Crippen molar-refractivity contribution in [3.63, 3.8) is 0 Å². The lowest BCUT2D eigenvalue weighted by molar-refractivity contribution is 0.340. The Labute approximate surface area is 124 Å². The molecule has 3 aromatic rings. The van der Waals surface area contributed by atoms with Crippen LogP contribution in [0.2, 0.25) is 0 Å². The summed E-state index contributed by atoms with van der Waals surface area (Å²) in [6.07, 6.45) is 0.863. The lowest BCUT2D eigenvalue weighted by Gasteiger charge is -2.09. The van der Waals surface area contributed by atoms with Crippen molar-refractivity contribution in [3.05, 3.63) is 48.3 Å². The summed E-state index contributed by atoms with van der Waals surface area (Å²) in [6.45, 7) is 4.76. The van der Waals surface area contributed by atoms with E-state index in [2.05, 4.69) is 28.6 Å². The molecule has 0 unspecified atom stereocenters. The average molecular weight is 281 g/mol. The van der Waals surface area contributed by atoms with Crippen LogP contribution in [0.1, 0.15) is 19.7 Å². The Balaban J connectivity index is 2.13. The number of hydrogen-bond donors (Lipinski definition) is 1. The Hall–Kier alpha value is -2.49. The molecular formula is C17H19N3O. The summed E-state index contributed by atoms with van der Waals surface area (Å²) in [5.74, 6) is 1.91. The first-order valence-electron chi connectivity index (χ1n) is 7.23. The molecule has 0 fully saturated rings. The molecule has 0 saturated heterocycles. The van der Waals surface area contributed by atoms with Crippen LogP contribution in [0.5, 0.6) is 5.75 Å². The van der Waals surface area contributed by atoms with Crippen LogP contribution in [0, 0.1) is 0 Å². The number of aromatic nitrogens is 2. The van der Waals surface area contributed by atoms with Gasteiger partial charge < -0.3 is 10.5 Å². The summed E-state index contributed by atoms with van der Waals surface area (Å²) in [7, 11) is 0. The van der Waals surface area contributed by atoms with Gasteiger partial charge in [0, 0.05) is 17.8 Å². The molecule has 2 aromatic carbocycles. The zero-order valence-corrected chi connectivity index (χ0v) is 12.3. The first-order chi connectivity index (χ1) is 10.2. The van der Waals surface area contributed by atoms with E-state index in [1.54, 1.807) is 0 Å². The number of ether oxygens (including phenoxy) is 1. The molecule has 0 amide bonds. The Morgan fingerprint density at radius 3 is 2.52 bits per heavy atom. The molecule has 0 radical (unpaired) electrons. The Morgan fingerprint density at radius 1 is 1.10 bits per heavy atom. The quantitative estimate of drug-likeness (QED) is 0.744. The van der Waals surface area contributed by atoms with Gasteiger partial charge in [0.25, 0.3) is 0 Å². The van der Waals surface area contributed by atoms with Crippen molar-refractivity contribution >= 4 is 16.7 Å². The molecule has 0 aliphatic carbocycles. The summed E-state index contributed by atoms with van der Waals surface area (Å²) in [4.78, 5) is 4.68. The van der Waals surface area contributed by atoms with E-state index >= 15 is 0 Å². The minimum absolute atomic E-state index is 0.673. The molecule has 4 heteroatoms. The fraction of sp³-hybridized carbons (Fsp3) is 0.235. The second-order valence-corrected chi connectivity index (χ2v) is 4.89. The number of benzene rings is 2. The molecule has 1 aromatic heterocycles. The van der Waals surface area contributed by atoms with E-state index in [1.165, 1.54) is 0 Å². The van der Waals surface area contributed by atoms with E-state index in [0.717, 1.165) is 40.4 Å². The molecule has 1 heterocycles. The van der Waals surface area contributed by atoms with Gasteiger partial charge in [-0.05, 0) is 49.4 Å². The van der Waals surface area contributed by atoms with E-state index < -0.39 is 0 Å². The fourth-order valence-corrected chi connectivity index (χ4v) is 2.53. The third kappa shape index (κ3) is 2.44. The van der Waals surface area contributed by atoms with Crippen LogP contribution in [-0.2, 0) is 6.42 Å². The average Bonchev–Trinajstić information content (AvgIpc) is 2.86. The zero-order valence-electron chi connectivity index (χ0n) is 12.3. The first kappa shape index (κ1) is 13.5. The molecule has 0 bridgehead atoms. The maximum atomic E-state index is 5.85. The van der Waals surface area contributed by atoms with E-state index in [0.29, 0.717) is 6.61 Å². The summed E-state index contributed by atoms with van der Waals surface area (Å²) in [5, 5.41) is 0. The van der Waals surface area contributed by atoms with Gasteiger partial charge in [-0.3, -0.25) is 4.57 Å². The van der Waals surface area contributed by atoms with Gasteiger partial charge >= 0.3 is 0 Å². The molecule has 0 atom stereocenters. The first-order valence-corrected chi connectivity index (χ1v) is 7.23. The van der Waals surface area contributed by atoms with Crippen LogP contribution < -0.4 is 10.5 Å². The lowest BCUT2D eigenvalue weighted by Crippen LogP contribution is -2.00. The molecule has 0 aliphatic heterocycles. The smallest absolute Gasteiger partial charge is 0.119 e. The van der Waals surface area contributed by atoms with Crippen molar-refractivity contribution < 1.29 is 4.74 Å². The number of imidazole rings is 1. The maximum Gasteiger partial charge on any atom is 0.119 e. The highest BCUT2D eigenvalue weighted by molar-refractivity contribution is 5.81. The van der Waals surface area contributed by atoms with E-state index in [-0.39, 0.29) is 0 Å². The van der Waals surface area contributed by atoms with Crippen LogP contribution in [0.25, 0.3) is 16.7 Å². The predicted octanol–water partition coefficient (Wildman–Crippen LogP) is 3.57. The molecule has 3 rings (SSSR count). The molecule has 21 heavy (non-hydrogen) atoms. The molecule has 108 valence electrons. The standard InChI is InChI=1S/C17H19N3O/c1-3-17-19-15-11-12(18)5-10-16(15)20(17)13-6-8-14(9-7-13)21-4-2/h5-11H,3-4,18H2,1-2H3. The third-order valence-electron chi connectivity index (χ3n) is 3.47. The second kappa shape index (κ2) is 5.48. The summed E-state index contributed by atoms with van der Waals surface area (Å²) in [5.41, 5.74) is 9.68. The molecular weight excluding hydrogens is 262 g/mol. The number of nitrogens with zero attached hydrogens (tertiary/aromatic N) is 2. The largest absolute Gasteiger partial charge is 0.494 e. The van der Waals surface area contributed by atoms with Gasteiger partial charge in [-0.25, -0.2) is 4.98 Å². The van der Waals surface area contributed by atoms with Crippen LogP contribution in [0.15, 0.2) is 42.5 Å². The maximum absolute atomic E-state index is 5.85. The number of aryl methyl sites for hydroxylation is 1. The minimum atomic E-state index is 0.673. The number of fused-ring (bicyclic) bond motifs is 1. The number of rotatable bonds is 4. The second-order valence-electron chi connectivity index (χ2n) is 4.89. The predicted molar refractivity (Wildman–Crippen MR) is 86.0 cm³/mol. The van der Waals surface area contributed by atoms with Crippen LogP contribution >= 0.6 is 0 Å². The topological polar surface area (TPSA) is 53.1 Å². The number of nitrogen functional groups attached to an aromatic ring is 1. The van der Waals surface area contributed by atoms with Crippen LogP contribution in [0.4, 0.5) is 5.69 Å². The third-order valence-corrected chi connectivity index (χ3v) is 3.47. The van der Waals surface area contributed by atoms with Crippen molar-refractivity contribution in [2.45, 2.75) is 20.3 Å². The molecule has 0 saturated carbocycles. The Bertz CT molecular complexity index is 760. The minimum Gasteiger partial charge on any atom is -0.494 e. The van der Waals surface area contributed by atoms with Gasteiger partial charge in [-0.2, -0.15) is 0 Å². The highest BCUT2D eigenvalue weighted by atomic mass is 16.5. The normalized spacial score (nSPS) is 11.0. The highest BCUT2D eigenvalue weighted by Gasteiger charge is 2.11. The number of nitrogens with two attached hydrogens (primary N) is 1. The lowest BCUT2D eigenvalue weighted by atomic mass is 10.2. The fourth-order valence-electron chi connectivity index (χ4n) is 2.53. The molecule has 4 nitrogen and oxygen atoms in total. The van der Waals surface area contributed by atoms with Crippen LogP contribution in [-0.4, -0.2) is 16.2 Å². The summed E-state index contributed by atoms with van der Waals surface area (Å²) < 4.78 is 7.67. The van der Waals surface area contributed by atoms with Crippen molar-refractivity contribution in [1.82, 2.24) is 9.55 Å². The van der Waals surface area contributed by atoms with Crippen molar-refractivity contribution in [3.8, 4) is 11.4 Å². The molecule has 0 aliphatic rings. The summed E-state index contributed by atoms with van der Waals surface area (Å²) in [6, 6.07) is 13.9. The SMILES string of the molecule is CCOc1ccc(-n2c(CC)nc3cc(N)ccc32)cc1. The van der Waals surface area contributed by atoms with Crippen molar-refractivity contribution in [1.29, 1.82) is 0 Å². The monoisotopic (exact) mass is 281 g/mol. The van der Waals surface area contributed by atoms with E-state index in [4.69, 9.17) is 10.5 Å². The Morgan fingerprint density at radius 2 is 1.86 bits per heavy atom. The zero-order chi connectivity index (χ0) is 14.8. The number of hydrogen-bond acceptors (Lipinski definition) is 3. The van der Waals surface area contributed by atoms with Gasteiger partial charge in [0.15, 0.2) is 0 Å². The van der Waals surface area contributed by atoms with Crippen molar-refractivity contribution in [2.24, 2.45) is 0 Å². The van der Waals surface area contributed by atoms with E-state index in [9.17, 15) is 0 Å². The van der Waals surface area contributed by atoms with Crippen LogP contribution in [0.3, 0.4) is 0 Å². The van der Waals surface area contributed by atoms with Gasteiger partial charge in [0.05, 0.1) is 17.6 Å². The van der Waals surface area contributed by atoms with Gasteiger partial charge in [0.1, 0.15) is 11.6 Å². The number of anilines is 1. The Kier molecular flexibility index (Phi) is 3.52. The van der Waals surface area contributed by atoms with Gasteiger partial charge in [-0.15, -0.1) is 0 Å². The van der Waals surface area contributed by atoms with E-state index in [1.807, 2.05) is 37.3 Å². The summed E-state index contributed by atoms with van der Waals surface area (Å²) >= 11 is 0. The van der Waals surface area contributed by atoms with Gasteiger partial charge in [0.2, 0.25) is 0 Å². The highest BCUT2D eigenvalue weighted by Crippen LogP contribution is 2.25. The van der Waals surface area contributed by atoms with Crippen molar-refractivity contribution in [2.75, 3.05) is 12.3 Å². The molecule has 0 spiro atoms.